The van der Waals surface area contributed by atoms with Gasteiger partial charge in [-0.3, -0.25) is 0 Å². The first-order valence-corrected chi connectivity index (χ1v) is 6.86. The average molecular weight is 312 g/mol. The lowest BCUT2D eigenvalue weighted by Crippen LogP contribution is -2.09. The fourth-order valence-electron chi connectivity index (χ4n) is 1.56. The van der Waals surface area contributed by atoms with E-state index in [0.717, 1.165) is 5.69 Å². The van der Waals surface area contributed by atoms with E-state index in [1.54, 1.807) is 24.3 Å². The maximum absolute atomic E-state index is 5.97. The van der Waals surface area contributed by atoms with Crippen molar-refractivity contribution in [1.82, 2.24) is 4.98 Å². The van der Waals surface area contributed by atoms with Crippen LogP contribution in [0.4, 0.5) is 17.2 Å². The number of halogens is 2. The minimum absolute atomic E-state index is 0.00465. The highest BCUT2D eigenvalue weighted by atomic mass is 35.5. The van der Waals surface area contributed by atoms with Gasteiger partial charge in [-0.1, -0.05) is 23.2 Å². The van der Waals surface area contributed by atoms with Crippen molar-refractivity contribution in [2.24, 2.45) is 0 Å². The molecule has 20 heavy (non-hydrogen) atoms. The maximum Gasteiger partial charge on any atom is 0.239 e. The number of nitrogens with one attached hydrogen (secondary N) is 1. The summed E-state index contributed by atoms with van der Waals surface area (Å²) in [4.78, 5) is 4.33. The quantitative estimate of drug-likeness (QED) is 0.872. The van der Waals surface area contributed by atoms with Gasteiger partial charge in [0.2, 0.25) is 5.88 Å². The maximum atomic E-state index is 5.97. The lowest BCUT2D eigenvalue weighted by atomic mass is 10.3. The molecule has 0 aliphatic heterocycles. The summed E-state index contributed by atoms with van der Waals surface area (Å²) in [5.74, 6) is 1.03. The minimum Gasteiger partial charge on any atom is -0.473 e. The number of rotatable bonds is 4. The van der Waals surface area contributed by atoms with Crippen molar-refractivity contribution in [1.29, 1.82) is 0 Å². The number of aromatic nitrogens is 1. The summed E-state index contributed by atoms with van der Waals surface area (Å²) in [5, 5.41) is 4.11. The Labute approximate surface area is 127 Å². The van der Waals surface area contributed by atoms with Crippen molar-refractivity contribution in [3.63, 3.8) is 0 Å². The lowest BCUT2D eigenvalue weighted by Gasteiger charge is -2.13. The molecule has 0 aliphatic carbocycles. The van der Waals surface area contributed by atoms with Crippen LogP contribution in [-0.4, -0.2) is 11.1 Å². The monoisotopic (exact) mass is 311 g/mol. The number of pyridine rings is 1. The third-order valence-corrected chi connectivity index (χ3v) is 3.17. The smallest absolute Gasteiger partial charge is 0.239 e. The highest BCUT2D eigenvalue weighted by Gasteiger charge is 2.07. The molecular weight excluding hydrogens is 297 g/mol. The van der Waals surface area contributed by atoms with E-state index in [-0.39, 0.29) is 6.10 Å². The summed E-state index contributed by atoms with van der Waals surface area (Å²) >= 11 is 11.8. The van der Waals surface area contributed by atoms with Crippen molar-refractivity contribution >= 4 is 40.4 Å². The predicted molar refractivity (Wildman–Crippen MR) is 84.2 cm³/mol. The Hall–Kier alpha value is -1.65. The number of benzene rings is 1. The van der Waals surface area contributed by atoms with Crippen molar-refractivity contribution in [3.8, 4) is 5.88 Å². The second-order valence-corrected chi connectivity index (χ2v) is 5.33. The molecule has 3 N–H and O–H groups in total. The summed E-state index contributed by atoms with van der Waals surface area (Å²) in [5.41, 5.74) is 7.10. The molecule has 0 bridgehead atoms. The number of anilines is 3. The molecule has 106 valence electrons. The van der Waals surface area contributed by atoms with Crippen LogP contribution in [0.5, 0.6) is 5.88 Å². The molecule has 0 atom stereocenters. The fourth-order valence-corrected chi connectivity index (χ4v) is 1.86. The molecule has 0 unspecified atom stereocenters. The third-order valence-electron chi connectivity index (χ3n) is 2.43. The molecule has 0 fully saturated rings. The van der Waals surface area contributed by atoms with Crippen LogP contribution in [0.15, 0.2) is 30.3 Å². The van der Waals surface area contributed by atoms with Crippen molar-refractivity contribution in [3.05, 3.63) is 40.4 Å². The Morgan fingerprint density at radius 2 is 1.90 bits per heavy atom. The van der Waals surface area contributed by atoms with E-state index in [9.17, 15) is 0 Å². The first kappa shape index (κ1) is 14.8. The Kier molecular flexibility index (Phi) is 4.57. The molecule has 4 nitrogen and oxygen atoms in total. The number of ether oxygens (including phenoxy) is 1. The molecule has 0 saturated carbocycles. The van der Waals surface area contributed by atoms with Gasteiger partial charge in [-0.15, -0.1) is 0 Å². The van der Waals surface area contributed by atoms with E-state index in [0.29, 0.717) is 27.4 Å². The van der Waals surface area contributed by atoms with Crippen LogP contribution in [0.2, 0.25) is 10.0 Å². The van der Waals surface area contributed by atoms with Crippen LogP contribution >= 0.6 is 23.2 Å². The Morgan fingerprint density at radius 3 is 2.55 bits per heavy atom. The molecule has 0 radical (unpaired) electrons. The molecular formula is C14H15Cl2N3O. The van der Waals surface area contributed by atoms with E-state index in [2.05, 4.69) is 10.3 Å². The van der Waals surface area contributed by atoms with Crippen LogP contribution < -0.4 is 15.8 Å². The number of nitrogens with two attached hydrogens (primary N) is 1. The zero-order chi connectivity index (χ0) is 14.7. The number of hydrogen-bond acceptors (Lipinski definition) is 4. The standard InChI is InChI=1S/C14H15Cl2N3O/c1-8(2)20-14-12(17)5-6-13(19-14)18-9-3-4-10(15)11(16)7-9/h3-8H,17H2,1-2H3,(H,18,19). The summed E-state index contributed by atoms with van der Waals surface area (Å²) in [6.07, 6.45) is 0.00465. The predicted octanol–water partition coefficient (Wildman–Crippen LogP) is 4.50. The molecule has 0 spiro atoms. The summed E-state index contributed by atoms with van der Waals surface area (Å²) in [6.45, 7) is 3.83. The van der Waals surface area contributed by atoms with Gasteiger partial charge in [-0.2, -0.15) is 4.98 Å². The minimum atomic E-state index is 0.00465. The molecule has 6 heteroatoms. The van der Waals surface area contributed by atoms with Crippen molar-refractivity contribution in [2.45, 2.75) is 20.0 Å². The van der Waals surface area contributed by atoms with Gasteiger partial charge in [-0.05, 0) is 44.2 Å². The number of hydrogen-bond donors (Lipinski definition) is 2. The average Bonchev–Trinajstić information content (AvgIpc) is 2.37. The van der Waals surface area contributed by atoms with Gasteiger partial charge in [0.25, 0.3) is 0 Å². The molecule has 0 saturated heterocycles. The number of nitrogens with zero attached hydrogens (tertiary/aromatic N) is 1. The summed E-state index contributed by atoms with van der Waals surface area (Å²) < 4.78 is 5.54. The summed E-state index contributed by atoms with van der Waals surface area (Å²) in [7, 11) is 0. The lowest BCUT2D eigenvalue weighted by molar-refractivity contribution is 0.234. The fraction of sp³-hybridized carbons (Fsp3) is 0.214. The zero-order valence-corrected chi connectivity index (χ0v) is 12.7. The van der Waals surface area contributed by atoms with Gasteiger partial charge in [0.15, 0.2) is 0 Å². The van der Waals surface area contributed by atoms with Crippen molar-refractivity contribution in [2.75, 3.05) is 11.1 Å². The van der Waals surface area contributed by atoms with E-state index in [4.69, 9.17) is 33.7 Å². The van der Waals surface area contributed by atoms with E-state index in [1.165, 1.54) is 0 Å². The Balaban J connectivity index is 2.22. The van der Waals surface area contributed by atoms with Crippen LogP contribution in [-0.2, 0) is 0 Å². The first-order valence-electron chi connectivity index (χ1n) is 6.11. The Morgan fingerprint density at radius 1 is 1.15 bits per heavy atom. The Bertz CT molecular complexity index is 617. The molecule has 0 amide bonds. The second-order valence-electron chi connectivity index (χ2n) is 4.51. The number of nitrogen functional groups attached to an aromatic ring is 1. The zero-order valence-electron chi connectivity index (χ0n) is 11.2. The molecule has 2 rings (SSSR count). The van der Waals surface area contributed by atoms with Gasteiger partial charge in [0, 0.05) is 5.69 Å². The highest BCUT2D eigenvalue weighted by molar-refractivity contribution is 6.42. The normalized spacial score (nSPS) is 10.7. The molecule has 0 aliphatic rings. The van der Waals surface area contributed by atoms with Gasteiger partial charge in [0.1, 0.15) is 5.82 Å². The topological polar surface area (TPSA) is 60.2 Å². The molecule has 2 aromatic rings. The van der Waals surface area contributed by atoms with Crippen LogP contribution in [0.3, 0.4) is 0 Å². The van der Waals surface area contributed by atoms with Gasteiger partial charge >= 0.3 is 0 Å². The highest BCUT2D eigenvalue weighted by Crippen LogP contribution is 2.28. The second kappa shape index (κ2) is 6.20. The summed E-state index contributed by atoms with van der Waals surface area (Å²) in [6, 6.07) is 8.77. The molecule has 1 aromatic heterocycles. The van der Waals surface area contributed by atoms with E-state index in [1.807, 2.05) is 19.9 Å². The van der Waals surface area contributed by atoms with Crippen LogP contribution in [0, 0.1) is 0 Å². The van der Waals surface area contributed by atoms with Gasteiger partial charge in [0.05, 0.1) is 21.8 Å². The molecule has 1 heterocycles. The van der Waals surface area contributed by atoms with E-state index < -0.39 is 0 Å². The van der Waals surface area contributed by atoms with E-state index >= 15 is 0 Å². The van der Waals surface area contributed by atoms with Crippen LogP contribution in [0.1, 0.15) is 13.8 Å². The largest absolute Gasteiger partial charge is 0.473 e. The third kappa shape index (κ3) is 3.68. The van der Waals surface area contributed by atoms with Gasteiger partial charge in [-0.25, -0.2) is 0 Å². The molecule has 1 aromatic carbocycles. The van der Waals surface area contributed by atoms with Crippen LogP contribution in [0.25, 0.3) is 0 Å². The van der Waals surface area contributed by atoms with Crippen molar-refractivity contribution < 1.29 is 4.74 Å². The SMILES string of the molecule is CC(C)Oc1nc(Nc2ccc(Cl)c(Cl)c2)ccc1N. The first-order chi connectivity index (χ1) is 9.45. The van der Waals surface area contributed by atoms with Gasteiger partial charge < -0.3 is 15.8 Å².